The molecule has 1 radical (unpaired) electrons. The van der Waals surface area contributed by atoms with Gasteiger partial charge in [0, 0.05) is 44.6 Å². The molecule has 0 N–H and O–H groups in total. The molecule has 0 unspecified atom stereocenters. The molecule has 1 aliphatic heterocycles. The van der Waals surface area contributed by atoms with Crippen molar-refractivity contribution in [2.24, 2.45) is 4.99 Å². The molecule has 0 aromatic rings. The molecule has 0 spiro atoms. The summed E-state index contributed by atoms with van der Waals surface area (Å²) >= 11 is 0. The molecular formula is C11H17N2Y-. The van der Waals surface area contributed by atoms with Gasteiger partial charge < -0.3 is 9.89 Å². The molecule has 75 valence electrons. The van der Waals surface area contributed by atoms with E-state index in [1.54, 1.807) is 0 Å². The first kappa shape index (κ1) is 14.1. The van der Waals surface area contributed by atoms with Crippen LogP contribution in [0.3, 0.4) is 0 Å². The van der Waals surface area contributed by atoms with Gasteiger partial charge in [0.15, 0.2) is 0 Å². The van der Waals surface area contributed by atoms with E-state index in [0.29, 0.717) is 6.04 Å². The van der Waals surface area contributed by atoms with Crippen LogP contribution in [0.2, 0.25) is 0 Å². The second-order valence-corrected chi connectivity index (χ2v) is 3.84. The maximum atomic E-state index is 4.39. The molecule has 2 nitrogen and oxygen atoms in total. The molecule has 0 aromatic carbocycles. The van der Waals surface area contributed by atoms with E-state index in [1.807, 2.05) is 13.1 Å². The first-order valence-electron chi connectivity index (χ1n) is 4.63. The number of aliphatic imine (C=N–C) groups is 1. The third-order valence-electron chi connectivity index (χ3n) is 1.87. The van der Waals surface area contributed by atoms with Crippen LogP contribution in [0.1, 0.15) is 34.6 Å². The van der Waals surface area contributed by atoms with E-state index < -0.39 is 0 Å². The molecular weight excluding hydrogens is 249 g/mol. The number of allylic oxidation sites excluding steroid dienone is 2. The fraction of sp³-hybridized carbons (Fsp3) is 0.545. The monoisotopic (exact) mass is 266 g/mol. The van der Waals surface area contributed by atoms with Crippen molar-refractivity contribution in [1.29, 1.82) is 0 Å². The van der Waals surface area contributed by atoms with Crippen LogP contribution in [0.25, 0.3) is 0 Å². The zero-order valence-electron chi connectivity index (χ0n) is 9.63. The smallest absolute Gasteiger partial charge is 0.0181 e. The van der Waals surface area contributed by atoms with Crippen LogP contribution in [0.15, 0.2) is 22.0 Å². The summed E-state index contributed by atoms with van der Waals surface area (Å²) in [5.74, 6) is 1.03. The van der Waals surface area contributed by atoms with Gasteiger partial charge in [0.05, 0.1) is 0 Å². The normalized spacial score (nSPS) is 15.4. The van der Waals surface area contributed by atoms with Gasteiger partial charge in [-0.05, 0) is 13.8 Å². The van der Waals surface area contributed by atoms with Gasteiger partial charge in [0.25, 0.3) is 0 Å². The molecule has 14 heavy (non-hydrogen) atoms. The van der Waals surface area contributed by atoms with Crippen molar-refractivity contribution in [1.82, 2.24) is 4.90 Å². The Kier molecular flexibility index (Phi) is 5.84. The molecule has 1 heterocycles. The minimum Gasteiger partial charge on any atom is -0.438 e. The van der Waals surface area contributed by atoms with E-state index in [0.717, 1.165) is 11.4 Å². The molecule has 1 rings (SSSR count). The van der Waals surface area contributed by atoms with Crippen LogP contribution in [0.4, 0.5) is 0 Å². The summed E-state index contributed by atoms with van der Waals surface area (Å²) in [6, 6.07) is 0.414. The average Bonchev–Trinajstić information content (AvgIpc) is 2.03. The third-order valence-corrected chi connectivity index (χ3v) is 1.87. The van der Waals surface area contributed by atoms with Gasteiger partial charge in [-0.3, -0.25) is 0 Å². The zero-order valence-corrected chi connectivity index (χ0v) is 12.5. The molecule has 0 bridgehead atoms. The molecule has 0 aromatic heterocycles. The molecule has 1 aliphatic rings. The predicted octanol–water partition coefficient (Wildman–Crippen LogP) is 2.74. The van der Waals surface area contributed by atoms with Crippen LogP contribution in [-0.4, -0.2) is 17.2 Å². The Bertz CT molecular complexity index is 284. The molecule has 0 fully saturated rings. The van der Waals surface area contributed by atoms with Gasteiger partial charge in [-0.2, -0.15) is 0 Å². The Morgan fingerprint density at radius 1 is 1.43 bits per heavy atom. The second-order valence-electron chi connectivity index (χ2n) is 3.84. The van der Waals surface area contributed by atoms with Crippen LogP contribution in [0, 0.1) is 6.20 Å². The third kappa shape index (κ3) is 3.32. The summed E-state index contributed by atoms with van der Waals surface area (Å²) in [7, 11) is 0. The number of hydrogen-bond donors (Lipinski definition) is 0. The molecule has 0 aliphatic carbocycles. The summed E-state index contributed by atoms with van der Waals surface area (Å²) < 4.78 is 0. The van der Waals surface area contributed by atoms with Gasteiger partial charge in [-0.1, -0.05) is 38.8 Å². The minimum absolute atomic E-state index is 0. The number of rotatable bonds is 1. The SMILES string of the molecule is CC1=[C-]N(C(C)C)C(=C(C)C)N=C1.[Y]. The van der Waals surface area contributed by atoms with Crippen molar-refractivity contribution < 1.29 is 32.7 Å². The van der Waals surface area contributed by atoms with Crippen LogP contribution in [-0.2, 0) is 32.7 Å². The fourth-order valence-corrected chi connectivity index (χ4v) is 1.24. The summed E-state index contributed by atoms with van der Waals surface area (Å²) in [4.78, 5) is 6.48. The van der Waals surface area contributed by atoms with Gasteiger partial charge in [0.1, 0.15) is 0 Å². The second kappa shape index (κ2) is 5.82. The molecule has 0 saturated heterocycles. The first-order chi connectivity index (χ1) is 6.02. The molecule has 0 atom stereocenters. The van der Waals surface area contributed by atoms with Crippen molar-refractivity contribution in [3.05, 3.63) is 23.2 Å². The maximum Gasteiger partial charge on any atom is 0.0181 e. The van der Waals surface area contributed by atoms with Crippen LogP contribution < -0.4 is 0 Å². The summed E-state index contributed by atoms with van der Waals surface area (Å²) in [6.45, 7) is 10.4. The van der Waals surface area contributed by atoms with Crippen molar-refractivity contribution >= 4 is 6.21 Å². The van der Waals surface area contributed by atoms with Gasteiger partial charge in [-0.25, -0.2) is 0 Å². The molecule has 0 saturated carbocycles. The van der Waals surface area contributed by atoms with E-state index in [1.165, 1.54) is 5.57 Å². The van der Waals surface area contributed by atoms with Crippen molar-refractivity contribution in [3.8, 4) is 0 Å². The van der Waals surface area contributed by atoms with E-state index in [2.05, 4.69) is 43.8 Å². The van der Waals surface area contributed by atoms with Crippen molar-refractivity contribution in [3.63, 3.8) is 0 Å². The number of hydrogen-bond acceptors (Lipinski definition) is 2. The quantitative estimate of drug-likeness (QED) is 0.666. The Morgan fingerprint density at radius 3 is 2.43 bits per heavy atom. The van der Waals surface area contributed by atoms with E-state index >= 15 is 0 Å². The predicted molar refractivity (Wildman–Crippen MR) is 56.3 cm³/mol. The van der Waals surface area contributed by atoms with Crippen LogP contribution >= 0.6 is 0 Å². The molecule has 3 heteroatoms. The minimum atomic E-state index is 0. The van der Waals surface area contributed by atoms with Crippen LogP contribution in [0.5, 0.6) is 0 Å². The van der Waals surface area contributed by atoms with Gasteiger partial charge in [-0.15, -0.1) is 5.57 Å². The van der Waals surface area contributed by atoms with Gasteiger partial charge in [0.2, 0.25) is 0 Å². The fourth-order valence-electron chi connectivity index (χ4n) is 1.24. The summed E-state index contributed by atoms with van der Waals surface area (Å²) in [5, 5.41) is 0. The van der Waals surface area contributed by atoms with Crippen molar-refractivity contribution in [2.45, 2.75) is 40.7 Å². The number of nitrogens with zero attached hydrogens (tertiary/aromatic N) is 2. The Hall–Kier alpha value is 0.0539. The topological polar surface area (TPSA) is 15.6 Å². The first-order valence-corrected chi connectivity index (χ1v) is 4.63. The largest absolute Gasteiger partial charge is 0.438 e. The van der Waals surface area contributed by atoms with E-state index in [4.69, 9.17) is 0 Å². The summed E-state index contributed by atoms with van der Waals surface area (Å²) in [5.41, 5.74) is 2.31. The zero-order chi connectivity index (χ0) is 10.0. The Labute approximate surface area is 112 Å². The molecule has 0 amide bonds. The van der Waals surface area contributed by atoms with E-state index in [-0.39, 0.29) is 32.7 Å². The standard InChI is InChI=1S/C11H17N2.Y/c1-8(2)11-12-6-10(5)7-13(11)9(3)4;/h6,9H,1-5H3;/q-1;. The Morgan fingerprint density at radius 2 is 2.00 bits per heavy atom. The van der Waals surface area contributed by atoms with E-state index in [9.17, 15) is 0 Å². The Balaban J connectivity index is 0.00000169. The average molecular weight is 266 g/mol. The summed E-state index contributed by atoms with van der Waals surface area (Å²) in [6.07, 6.45) is 5.15. The van der Waals surface area contributed by atoms with Gasteiger partial charge >= 0.3 is 0 Å². The van der Waals surface area contributed by atoms with Crippen molar-refractivity contribution in [2.75, 3.05) is 0 Å². The maximum absolute atomic E-state index is 4.39.